The average molecular weight is 287 g/mol. The van der Waals surface area contributed by atoms with Crippen LogP contribution in [0.15, 0.2) is 18.2 Å². The molecule has 2 N–H and O–H groups in total. The molecule has 0 saturated heterocycles. The number of nitro groups is 1. The molecule has 106 valence electrons. The lowest BCUT2D eigenvalue weighted by Gasteiger charge is -2.15. The fourth-order valence-electron chi connectivity index (χ4n) is 1.72. The molecule has 0 amide bonds. The van der Waals surface area contributed by atoms with Crippen LogP contribution in [0.1, 0.15) is 6.92 Å². The molecule has 0 saturated carbocycles. The summed E-state index contributed by atoms with van der Waals surface area (Å²) in [4.78, 5) is 10.3. The standard InChI is InChI=1S/C11H17N3O4S/c1-8(7-19(3,17)18)13-10-4-9(12-2)5-11(6-10)14(15)16/h4-6,8,12-13H,7H2,1-3H3. The molecule has 8 heteroatoms. The summed E-state index contributed by atoms with van der Waals surface area (Å²) in [7, 11) is -1.44. The minimum Gasteiger partial charge on any atom is -0.388 e. The molecule has 0 aliphatic heterocycles. The Labute approximate surface area is 112 Å². The Hall–Kier alpha value is -1.83. The van der Waals surface area contributed by atoms with Gasteiger partial charge in [-0.05, 0) is 13.0 Å². The SMILES string of the molecule is CNc1cc(NC(C)CS(C)(=O)=O)cc([N+](=O)[O-])c1. The van der Waals surface area contributed by atoms with Crippen LogP contribution in [-0.2, 0) is 9.84 Å². The predicted octanol–water partition coefficient (Wildman–Crippen LogP) is 1.48. The number of benzene rings is 1. The lowest BCUT2D eigenvalue weighted by Crippen LogP contribution is -2.25. The highest BCUT2D eigenvalue weighted by molar-refractivity contribution is 7.90. The molecule has 0 aliphatic rings. The minimum absolute atomic E-state index is 0.0371. The fourth-order valence-corrected chi connectivity index (χ4v) is 2.72. The molecule has 1 atom stereocenters. The van der Waals surface area contributed by atoms with Gasteiger partial charge in [0.15, 0.2) is 0 Å². The van der Waals surface area contributed by atoms with Gasteiger partial charge < -0.3 is 10.6 Å². The van der Waals surface area contributed by atoms with Gasteiger partial charge in [-0.25, -0.2) is 8.42 Å². The number of hydrogen-bond donors (Lipinski definition) is 2. The van der Waals surface area contributed by atoms with E-state index in [2.05, 4.69) is 10.6 Å². The van der Waals surface area contributed by atoms with Crippen molar-refractivity contribution in [2.24, 2.45) is 0 Å². The maximum absolute atomic E-state index is 11.2. The second-order valence-electron chi connectivity index (χ2n) is 4.41. The molecule has 0 aromatic heterocycles. The van der Waals surface area contributed by atoms with Crippen molar-refractivity contribution >= 4 is 26.9 Å². The molecule has 0 heterocycles. The molecule has 0 bridgehead atoms. The number of hydrogen-bond acceptors (Lipinski definition) is 6. The molecule has 1 aromatic carbocycles. The van der Waals surface area contributed by atoms with Crippen LogP contribution in [0.2, 0.25) is 0 Å². The van der Waals surface area contributed by atoms with Gasteiger partial charge in [0.2, 0.25) is 0 Å². The number of nitrogens with one attached hydrogen (secondary N) is 2. The Kier molecular flexibility index (Phi) is 4.71. The van der Waals surface area contributed by atoms with Gasteiger partial charge >= 0.3 is 0 Å². The first kappa shape index (κ1) is 15.2. The normalized spacial score (nSPS) is 12.8. The Morgan fingerprint density at radius 3 is 2.37 bits per heavy atom. The molecule has 7 nitrogen and oxygen atoms in total. The first-order valence-electron chi connectivity index (χ1n) is 5.63. The van der Waals surface area contributed by atoms with Crippen LogP contribution in [0, 0.1) is 10.1 Å². The third-order valence-electron chi connectivity index (χ3n) is 2.38. The summed E-state index contributed by atoms with van der Waals surface area (Å²) < 4.78 is 22.3. The van der Waals surface area contributed by atoms with Crippen LogP contribution >= 0.6 is 0 Å². The van der Waals surface area contributed by atoms with E-state index in [4.69, 9.17) is 0 Å². The van der Waals surface area contributed by atoms with Gasteiger partial charge in [0.25, 0.3) is 5.69 Å². The maximum atomic E-state index is 11.2. The fraction of sp³-hybridized carbons (Fsp3) is 0.455. The van der Waals surface area contributed by atoms with Gasteiger partial charge in [-0.2, -0.15) is 0 Å². The highest BCUT2D eigenvalue weighted by Gasteiger charge is 2.13. The van der Waals surface area contributed by atoms with E-state index >= 15 is 0 Å². The minimum atomic E-state index is -3.10. The third-order valence-corrected chi connectivity index (χ3v) is 3.49. The number of nitro benzene ring substituents is 1. The van der Waals surface area contributed by atoms with E-state index in [0.29, 0.717) is 11.4 Å². The number of anilines is 2. The van der Waals surface area contributed by atoms with E-state index in [9.17, 15) is 18.5 Å². The summed E-state index contributed by atoms with van der Waals surface area (Å²) in [6.07, 6.45) is 1.15. The van der Waals surface area contributed by atoms with Gasteiger partial charge in [0.1, 0.15) is 9.84 Å². The quantitative estimate of drug-likeness (QED) is 0.607. The van der Waals surface area contributed by atoms with Crippen LogP contribution in [0.25, 0.3) is 0 Å². The zero-order chi connectivity index (χ0) is 14.6. The largest absolute Gasteiger partial charge is 0.388 e. The topological polar surface area (TPSA) is 101 Å². The number of nitrogens with zero attached hydrogens (tertiary/aromatic N) is 1. The summed E-state index contributed by atoms with van der Waals surface area (Å²) in [5.74, 6) is -0.0371. The first-order valence-corrected chi connectivity index (χ1v) is 7.69. The molecule has 0 spiro atoms. The van der Waals surface area contributed by atoms with Crippen LogP contribution < -0.4 is 10.6 Å². The first-order chi connectivity index (χ1) is 8.71. The van der Waals surface area contributed by atoms with Crippen LogP contribution in [-0.4, -0.2) is 38.4 Å². The van der Waals surface area contributed by atoms with E-state index in [-0.39, 0.29) is 17.5 Å². The van der Waals surface area contributed by atoms with Crippen molar-refractivity contribution < 1.29 is 13.3 Å². The van der Waals surface area contributed by atoms with Gasteiger partial charge in [-0.1, -0.05) is 0 Å². The molecule has 0 aliphatic carbocycles. The van der Waals surface area contributed by atoms with Crippen molar-refractivity contribution in [3.8, 4) is 0 Å². The van der Waals surface area contributed by atoms with Gasteiger partial charge in [-0.15, -0.1) is 0 Å². The number of rotatable bonds is 6. The van der Waals surface area contributed by atoms with E-state index in [1.807, 2.05) is 0 Å². The van der Waals surface area contributed by atoms with Crippen molar-refractivity contribution in [2.75, 3.05) is 29.7 Å². The molecular weight excluding hydrogens is 270 g/mol. The van der Waals surface area contributed by atoms with Crippen molar-refractivity contribution in [1.29, 1.82) is 0 Å². The molecule has 0 fully saturated rings. The lowest BCUT2D eigenvalue weighted by molar-refractivity contribution is -0.384. The summed E-state index contributed by atoms with van der Waals surface area (Å²) in [6.45, 7) is 1.71. The van der Waals surface area contributed by atoms with E-state index in [1.165, 1.54) is 12.1 Å². The Balaban J connectivity index is 2.94. The highest BCUT2D eigenvalue weighted by Crippen LogP contribution is 2.24. The zero-order valence-corrected chi connectivity index (χ0v) is 11.8. The molecule has 1 unspecified atom stereocenters. The third kappa shape index (κ3) is 5.12. The van der Waals surface area contributed by atoms with Crippen LogP contribution in [0.3, 0.4) is 0 Å². The highest BCUT2D eigenvalue weighted by atomic mass is 32.2. The van der Waals surface area contributed by atoms with Crippen molar-refractivity contribution in [1.82, 2.24) is 0 Å². The summed E-state index contributed by atoms with van der Waals surface area (Å²) in [5.41, 5.74) is 1.04. The summed E-state index contributed by atoms with van der Waals surface area (Å²) in [5, 5.41) is 16.6. The van der Waals surface area contributed by atoms with Crippen molar-refractivity contribution in [3.63, 3.8) is 0 Å². The monoisotopic (exact) mass is 287 g/mol. The van der Waals surface area contributed by atoms with Gasteiger partial charge in [0.05, 0.1) is 10.7 Å². The summed E-state index contributed by atoms with van der Waals surface area (Å²) in [6, 6.07) is 4.14. The average Bonchev–Trinajstić information content (AvgIpc) is 2.25. The second kappa shape index (κ2) is 5.87. The summed E-state index contributed by atoms with van der Waals surface area (Å²) >= 11 is 0. The van der Waals surface area contributed by atoms with Crippen LogP contribution in [0.4, 0.5) is 17.1 Å². The van der Waals surface area contributed by atoms with Gasteiger partial charge in [-0.3, -0.25) is 10.1 Å². The van der Waals surface area contributed by atoms with E-state index in [0.717, 1.165) is 6.26 Å². The Bertz CT molecular complexity index is 571. The Morgan fingerprint density at radius 1 is 1.32 bits per heavy atom. The molecule has 1 rings (SSSR count). The number of sulfone groups is 1. The van der Waals surface area contributed by atoms with Gasteiger partial charge in [0, 0.05) is 42.9 Å². The van der Waals surface area contributed by atoms with Crippen molar-refractivity contribution in [3.05, 3.63) is 28.3 Å². The maximum Gasteiger partial charge on any atom is 0.273 e. The molecule has 0 radical (unpaired) electrons. The molecule has 1 aromatic rings. The van der Waals surface area contributed by atoms with E-state index < -0.39 is 14.8 Å². The Morgan fingerprint density at radius 2 is 1.89 bits per heavy atom. The van der Waals surface area contributed by atoms with Crippen LogP contribution in [0.5, 0.6) is 0 Å². The molecule has 19 heavy (non-hydrogen) atoms. The zero-order valence-electron chi connectivity index (χ0n) is 11.0. The smallest absolute Gasteiger partial charge is 0.273 e. The van der Waals surface area contributed by atoms with E-state index in [1.54, 1.807) is 20.0 Å². The number of non-ortho nitro benzene ring substituents is 1. The lowest BCUT2D eigenvalue weighted by atomic mass is 10.2. The second-order valence-corrected chi connectivity index (χ2v) is 6.60. The molecular formula is C11H17N3O4S. The predicted molar refractivity (Wildman–Crippen MR) is 75.4 cm³/mol. The van der Waals surface area contributed by atoms with Crippen molar-refractivity contribution in [2.45, 2.75) is 13.0 Å².